The van der Waals surface area contributed by atoms with Crippen LogP contribution in [0.2, 0.25) is 0 Å². The van der Waals surface area contributed by atoms with Crippen LogP contribution in [0.1, 0.15) is 20.0 Å². The normalized spacial score (nSPS) is 10.5. The first-order chi connectivity index (χ1) is 14.1. The van der Waals surface area contributed by atoms with Crippen LogP contribution in [0.15, 0.2) is 72.4 Å². The lowest BCUT2D eigenvalue weighted by molar-refractivity contribution is 0.102. The number of hydrogen-bond donors (Lipinski definition) is 3. The minimum absolute atomic E-state index is 0.184. The van der Waals surface area contributed by atoms with Gasteiger partial charge < -0.3 is 16.4 Å². The molecule has 0 fully saturated rings. The van der Waals surface area contributed by atoms with E-state index in [1.165, 1.54) is 22.2 Å². The predicted octanol–water partition coefficient (Wildman–Crippen LogP) is 3.42. The highest BCUT2D eigenvalue weighted by atomic mass is 32.1. The van der Waals surface area contributed by atoms with Crippen LogP contribution < -0.4 is 16.4 Å². The number of hydrogen-bond acceptors (Lipinski definition) is 6. The number of anilines is 3. The molecule has 0 unspecified atom stereocenters. The van der Waals surface area contributed by atoms with Crippen LogP contribution in [0.5, 0.6) is 0 Å². The van der Waals surface area contributed by atoms with Gasteiger partial charge in [-0.15, -0.1) is 11.3 Å². The number of nitrogens with one attached hydrogen (secondary N) is 2. The second-order valence-electron chi connectivity index (χ2n) is 6.01. The monoisotopic (exact) mass is 404 g/mol. The summed E-state index contributed by atoms with van der Waals surface area (Å²) in [6, 6.07) is 15.8. The van der Waals surface area contributed by atoms with E-state index >= 15 is 0 Å². The van der Waals surface area contributed by atoms with Crippen LogP contribution in [0.3, 0.4) is 0 Å². The van der Waals surface area contributed by atoms with Gasteiger partial charge in [-0.1, -0.05) is 18.2 Å². The summed E-state index contributed by atoms with van der Waals surface area (Å²) < 4.78 is 1.40. The van der Waals surface area contributed by atoms with Crippen LogP contribution >= 0.6 is 11.3 Å². The van der Waals surface area contributed by atoms with E-state index in [0.29, 0.717) is 22.1 Å². The number of nitrogens with zero attached hydrogens (tertiary/aromatic N) is 3. The summed E-state index contributed by atoms with van der Waals surface area (Å²) >= 11 is 1.35. The van der Waals surface area contributed by atoms with E-state index in [0.717, 1.165) is 0 Å². The zero-order valence-corrected chi connectivity index (χ0v) is 15.9. The fraction of sp³-hybridized carbons (Fsp3) is 0. The van der Waals surface area contributed by atoms with Crippen molar-refractivity contribution in [2.24, 2.45) is 0 Å². The highest BCUT2D eigenvalue weighted by molar-refractivity contribution is 7.12. The topological polar surface area (TPSA) is 115 Å². The van der Waals surface area contributed by atoms with E-state index in [-0.39, 0.29) is 17.3 Å². The Morgan fingerprint density at radius 1 is 0.966 bits per heavy atom. The molecule has 4 aromatic rings. The molecule has 2 amide bonds. The minimum Gasteiger partial charge on any atom is -0.383 e. The number of benzene rings is 1. The Hall–Kier alpha value is -3.98. The number of rotatable bonds is 5. The van der Waals surface area contributed by atoms with Gasteiger partial charge in [0, 0.05) is 17.6 Å². The van der Waals surface area contributed by atoms with Crippen molar-refractivity contribution in [3.63, 3.8) is 0 Å². The van der Waals surface area contributed by atoms with Gasteiger partial charge >= 0.3 is 0 Å². The highest BCUT2D eigenvalue weighted by Crippen LogP contribution is 2.20. The number of nitrogen functional groups attached to an aromatic ring is 1. The Morgan fingerprint density at radius 3 is 2.45 bits per heavy atom. The van der Waals surface area contributed by atoms with E-state index in [4.69, 9.17) is 5.73 Å². The molecule has 8 nitrogen and oxygen atoms in total. The molecule has 29 heavy (non-hydrogen) atoms. The van der Waals surface area contributed by atoms with Gasteiger partial charge in [0.1, 0.15) is 11.4 Å². The summed E-state index contributed by atoms with van der Waals surface area (Å²) in [5.41, 5.74) is 7.39. The number of nitrogens with two attached hydrogens (primary N) is 1. The zero-order valence-electron chi connectivity index (χ0n) is 15.1. The van der Waals surface area contributed by atoms with Crippen molar-refractivity contribution < 1.29 is 9.59 Å². The fourth-order valence-electron chi connectivity index (χ4n) is 2.67. The van der Waals surface area contributed by atoms with Gasteiger partial charge in [-0.25, -0.2) is 4.98 Å². The lowest BCUT2D eigenvalue weighted by Gasteiger charge is -2.08. The summed E-state index contributed by atoms with van der Waals surface area (Å²) in [4.78, 5) is 29.6. The van der Waals surface area contributed by atoms with Gasteiger partial charge in [0.15, 0.2) is 5.82 Å². The SMILES string of the molecule is Nc1c(C(=O)Nc2cccc(NC(=O)c3cccs3)c2)cnn1-c1ccccn1. The van der Waals surface area contributed by atoms with Gasteiger partial charge in [-0.3, -0.25) is 9.59 Å². The summed E-state index contributed by atoms with van der Waals surface area (Å²) in [6.45, 7) is 0. The molecule has 3 heterocycles. The molecule has 144 valence electrons. The second-order valence-corrected chi connectivity index (χ2v) is 6.96. The van der Waals surface area contributed by atoms with Crippen LogP contribution in [-0.2, 0) is 0 Å². The van der Waals surface area contributed by atoms with Crippen molar-refractivity contribution in [2.75, 3.05) is 16.4 Å². The summed E-state index contributed by atoms with van der Waals surface area (Å²) in [7, 11) is 0. The van der Waals surface area contributed by atoms with E-state index in [9.17, 15) is 9.59 Å². The van der Waals surface area contributed by atoms with Crippen LogP contribution in [-0.4, -0.2) is 26.6 Å². The Morgan fingerprint density at radius 2 is 1.76 bits per heavy atom. The molecule has 9 heteroatoms. The van der Waals surface area contributed by atoms with Crippen molar-refractivity contribution >= 4 is 40.3 Å². The molecule has 0 bridgehead atoms. The van der Waals surface area contributed by atoms with Gasteiger partial charge in [-0.2, -0.15) is 9.78 Å². The first-order valence-electron chi connectivity index (χ1n) is 8.63. The fourth-order valence-corrected chi connectivity index (χ4v) is 3.29. The molecule has 0 aliphatic heterocycles. The number of aromatic nitrogens is 3. The molecule has 0 aliphatic carbocycles. The Kier molecular flexibility index (Phi) is 5.04. The average Bonchev–Trinajstić information content (AvgIpc) is 3.39. The Labute approximate surface area is 170 Å². The average molecular weight is 404 g/mol. The summed E-state index contributed by atoms with van der Waals surface area (Å²) in [6.07, 6.45) is 3.01. The quantitative estimate of drug-likeness (QED) is 0.471. The number of carbonyl (C=O) groups excluding carboxylic acids is 2. The molecule has 3 aromatic heterocycles. The van der Waals surface area contributed by atoms with E-state index < -0.39 is 5.91 Å². The molecule has 0 radical (unpaired) electrons. The van der Waals surface area contributed by atoms with Crippen molar-refractivity contribution in [3.8, 4) is 5.82 Å². The highest BCUT2D eigenvalue weighted by Gasteiger charge is 2.17. The maximum absolute atomic E-state index is 12.6. The van der Waals surface area contributed by atoms with E-state index in [1.54, 1.807) is 54.7 Å². The lowest BCUT2D eigenvalue weighted by atomic mass is 10.2. The molecule has 0 saturated carbocycles. The van der Waals surface area contributed by atoms with Crippen molar-refractivity contribution in [3.05, 3.63) is 82.8 Å². The number of carbonyl (C=O) groups is 2. The third-order valence-corrected chi connectivity index (χ3v) is 4.91. The first-order valence-corrected chi connectivity index (χ1v) is 9.51. The number of thiophene rings is 1. The van der Waals surface area contributed by atoms with Crippen molar-refractivity contribution in [2.45, 2.75) is 0 Å². The third kappa shape index (κ3) is 3.99. The van der Waals surface area contributed by atoms with Crippen LogP contribution in [0.25, 0.3) is 5.82 Å². The summed E-state index contributed by atoms with van der Waals surface area (Å²) in [5.74, 6) is 0.0847. The maximum atomic E-state index is 12.6. The standard InChI is InChI=1S/C20H16N6O2S/c21-18-15(12-23-26(18)17-8-1-2-9-22-17)19(27)24-13-5-3-6-14(11-13)25-20(28)16-7-4-10-29-16/h1-12H,21H2,(H,24,27)(H,25,28). The smallest absolute Gasteiger partial charge is 0.265 e. The predicted molar refractivity (Wildman–Crippen MR) is 112 cm³/mol. The lowest BCUT2D eigenvalue weighted by Crippen LogP contribution is -2.15. The minimum atomic E-state index is -0.411. The maximum Gasteiger partial charge on any atom is 0.265 e. The number of amides is 2. The molecule has 0 spiro atoms. The molecule has 0 saturated heterocycles. The second kappa shape index (κ2) is 7.95. The first kappa shape index (κ1) is 18.4. The van der Waals surface area contributed by atoms with Gasteiger partial charge in [0.2, 0.25) is 0 Å². The molecule has 0 atom stereocenters. The van der Waals surface area contributed by atoms with E-state index in [1.807, 2.05) is 11.4 Å². The molecular weight excluding hydrogens is 388 g/mol. The van der Waals surface area contributed by atoms with Gasteiger partial charge in [-0.05, 0) is 41.8 Å². The number of pyridine rings is 1. The third-order valence-electron chi connectivity index (χ3n) is 4.04. The molecule has 1 aromatic carbocycles. The largest absolute Gasteiger partial charge is 0.383 e. The van der Waals surface area contributed by atoms with Crippen LogP contribution in [0, 0.1) is 0 Å². The van der Waals surface area contributed by atoms with Gasteiger partial charge in [0.25, 0.3) is 11.8 Å². The molecule has 4 rings (SSSR count). The van der Waals surface area contributed by atoms with E-state index in [2.05, 4.69) is 20.7 Å². The molecular formula is C20H16N6O2S. The Balaban J connectivity index is 1.49. The van der Waals surface area contributed by atoms with Crippen molar-refractivity contribution in [1.82, 2.24) is 14.8 Å². The molecule has 4 N–H and O–H groups in total. The van der Waals surface area contributed by atoms with Crippen LogP contribution in [0.4, 0.5) is 17.2 Å². The summed E-state index contributed by atoms with van der Waals surface area (Å²) in [5, 5.41) is 11.6. The molecule has 0 aliphatic rings. The van der Waals surface area contributed by atoms with Gasteiger partial charge in [0.05, 0.1) is 11.1 Å². The Bertz CT molecular complexity index is 1150. The van der Waals surface area contributed by atoms with Crippen molar-refractivity contribution in [1.29, 1.82) is 0 Å². The zero-order chi connectivity index (χ0) is 20.2.